The van der Waals surface area contributed by atoms with Crippen molar-refractivity contribution in [2.45, 2.75) is 11.7 Å². The first kappa shape index (κ1) is 18.1. The van der Waals surface area contributed by atoms with Gasteiger partial charge in [-0.2, -0.15) is 5.26 Å². The minimum absolute atomic E-state index is 0.302. The van der Waals surface area contributed by atoms with Crippen molar-refractivity contribution in [3.8, 4) is 17.5 Å². The molecule has 0 amide bonds. The van der Waals surface area contributed by atoms with E-state index in [1.165, 1.54) is 11.8 Å². The molecule has 0 spiro atoms. The second-order valence-corrected chi connectivity index (χ2v) is 6.62. The van der Waals surface area contributed by atoms with Gasteiger partial charge >= 0.3 is 0 Å². The quantitative estimate of drug-likeness (QED) is 0.615. The number of hydrogen-bond acceptors (Lipinski definition) is 6. The molecule has 1 heterocycles. The highest BCUT2D eigenvalue weighted by Crippen LogP contribution is 2.24. The van der Waals surface area contributed by atoms with E-state index in [9.17, 15) is 0 Å². The van der Waals surface area contributed by atoms with Crippen molar-refractivity contribution in [1.82, 2.24) is 14.8 Å². The highest BCUT2D eigenvalue weighted by atomic mass is 35.5. The molecule has 1 aromatic heterocycles. The molecule has 3 rings (SSSR count). The van der Waals surface area contributed by atoms with Crippen LogP contribution in [0.4, 0.5) is 5.69 Å². The van der Waals surface area contributed by atoms with Crippen molar-refractivity contribution >= 4 is 29.1 Å². The number of nitriles is 1. The van der Waals surface area contributed by atoms with Crippen molar-refractivity contribution in [3.63, 3.8) is 0 Å². The number of hydrogen-bond donors (Lipinski definition) is 1. The molecule has 0 radical (unpaired) electrons. The third-order valence-corrected chi connectivity index (χ3v) is 4.60. The number of ether oxygens (including phenoxy) is 1. The zero-order chi connectivity index (χ0) is 18.4. The monoisotopic (exact) mass is 385 g/mol. The van der Waals surface area contributed by atoms with Crippen LogP contribution in [0.2, 0.25) is 5.02 Å². The van der Waals surface area contributed by atoms with Gasteiger partial charge < -0.3 is 10.1 Å². The number of benzene rings is 2. The lowest BCUT2D eigenvalue weighted by Gasteiger charge is -2.11. The molecule has 0 bridgehead atoms. The molecule has 2 aromatic carbocycles. The summed E-state index contributed by atoms with van der Waals surface area (Å²) in [6, 6.07) is 17.2. The van der Waals surface area contributed by atoms with E-state index in [1.54, 1.807) is 7.11 Å². The number of halogens is 1. The Morgan fingerprint density at radius 1 is 1.23 bits per heavy atom. The molecule has 0 saturated carbocycles. The number of methoxy groups -OCH3 is 1. The lowest BCUT2D eigenvalue weighted by atomic mass is 10.3. The summed E-state index contributed by atoms with van der Waals surface area (Å²) in [5.74, 6) is 1.80. The number of aromatic nitrogens is 3. The summed E-state index contributed by atoms with van der Waals surface area (Å²) in [7, 11) is 1.63. The molecule has 0 unspecified atom stereocenters. The van der Waals surface area contributed by atoms with Crippen LogP contribution < -0.4 is 10.1 Å². The minimum atomic E-state index is 0.302. The topological polar surface area (TPSA) is 75.8 Å². The molecule has 132 valence electrons. The lowest BCUT2D eigenvalue weighted by Crippen LogP contribution is -2.08. The second kappa shape index (κ2) is 8.61. The fourth-order valence-electron chi connectivity index (χ4n) is 2.38. The molecule has 0 aliphatic heterocycles. The predicted octanol–water partition coefficient (Wildman–Crippen LogP) is 4.16. The summed E-state index contributed by atoms with van der Waals surface area (Å²) in [4.78, 5) is 0. The first-order valence-electron chi connectivity index (χ1n) is 7.79. The van der Waals surface area contributed by atoms with Crippen LogP contribution in [0.1, 0.15) is 5.82 Å². The summed E-state index contributed by atoms with van der Waals surface area (Å²) in [6.45, 7) is 0.465. The van der Waals surface area contributed by atoms with E-state index in [2.05, 4.69) is 21.6 Å². The molecule has 3 aromatic rings. The number of anilines is 1. The van der Waals surface area contributed by atoms with Crippen LogP contribution in [-0.4, -0.2) is 27.6 Å². The summed E-state index contributed by atoms with van der Waals surface area (Å²) < 4.78 is 7.14. The molecule has 0 fully saturated rings. The summed E-state index contributed by atoms with van der Waals surface area (Å²) >= 11 is 7.37. The summed E-state index contributed by atoms with van der Waals surface area (Å²) in [6.07, 6.45) is 0. The lowest BCUT2D eigenvalue weighted by molar-refractivity contribution is 0.414. The molecular formula is C18H16ClN5OS. The van der Waals surface area contributed by atoms with E-state index < -0.39 is 0 Å². The Morgan fingerprint density at radius 3 is 2.73 bits per heavy atom. The van der Waals surface area contributed by atoms with Crippen LogP contribution in [0.3, 0.4) is 0 Å². The first-order valence-corrected chi connectivity index (χ1v) is 9.15. The Hall–Kier alpha value is -2.69. The minimum Gasteiger partial charge on any atom is -0.497 e. The largest absolute Gasteiger partial charge is 0.497 e. The molecule has 1 N–H and O–H groups in total. The van der Waals surface area contributed by atoms with Crippen molar-refractivity contribution in [2.75, 3.05) is 18.2 Å². The standard InChI is InChI=1S/C18H16ClN5OS/c1-25-16-7-5-15(6-8-16)24-17(22-23-18(24)26-10-9-20)12-21-14-4-2-3-13(19)11-14/h2-8,11,21H,10,12H2,1H3. The van der Waals surface area contributed by atoms with Crippen LogP contribution >= 0.6 is 23.4 Å². The van der Waals surface area contributed by atoms with Crippen molar-refractivity contribution in [3.05, 3.63) is 59.4 Å². The normalized spacial score (nSPS) is 10.3. The average Bonchev–Trinajstić information content (AvgIpc) is 3.07. The van der Waals surface area contributed by atoms with Crippen molar-refractivity contribution < 1.29 is 4.74 Å². The van der Waals surface area contributed by atoms with E-state index >= 15 is 0 Å². The zero-order valence-electron chi connectivity index (χ0n) is 14.0. The van der Waals surface area contributed by atoms with Gasteiger partial charge in [0.05, 0.1) is 25.5 Å². The maximum absolute atomic E-state index is 8.87. The van der Waals surface area contributed by atoms with Gasteiger partial charge in [-0.05, 0) is 42.5 Å². The van der Waals surface area contributed by atoms with Gasteiger partial charge in [0, 0.05) is 16.4 Å². The Morgan fingerprint density at radius 2 is 2.04 bits per heavy atom. The Balaban J connectivity index is 1.88. The maximum atomic E-state index is 8.87. The van der Waals surface area contributed by atoms with Crippen LogP contribution in [-0.2, 0) is 6.54 Å². The molecule has 0 aliphatic rings. The number of nitrogens with zero attached hydrogens (tertiary/aromatic N) is 4. The molecular weight excluding hydrogens is 370 g/mol. The van der Waals surface area contributed by atoms with Gasteiger partial charge in [0.25, 0.3) is 0 Å². The van der Waals surface area contributed by atoms with E-state index in [0.717, 1.165) is 22.9 Å². The van der Waals surface area contributed by atoms with Crippen LogP contribution in [0.25, 0.3) is 5.69 Å². The van der Waals surface area contributed by atoms with Crippen LogP contribution in [0.15, 0.2) is 53.7 Å². The number of nitrogens with one attached hydrogen (secondary N) is 1. The maximum Gasteiger partial charge on any atom is 0.196 e. The first-order chi connectivity index (χ1) is 12.7. The average molecular weight is 386 g/mol. The predicted molar refractivity (Wildman–Crippen MR) is 103 cm³/mol. The molecule has 0 atom stereocenters. The van der Waals surface area contributed by atoms with E-state index in [0.29, 0.717) is 22.5 Å². The second-order valence-electron chi connectivity index (χ2n) is 5.24. The molecule has 0 aliphatic carbocycles. The fourth-order valence-corrected chi connectivity index (χ4v) is 3.20. The van der Waals surface area contributed by atoms with Gasteiger partial charge in [0.1, 0.15) is 5.75 Å². The van der Waals surface area contributed by atoms with Gasteiger partial charge in [-0.25, -0.2) is 0 Å². The van der Waals surface area contributed by atoms with Gasteiger partial charge in [0.15, 0.2) is 11.0 Å². The van der Waals surface area contributed by atoms with Crippen LogP contribution in [0, 0.1) is 11.3 Å². The molecule has 26 heavy (non-hydrogen) atoms. The van der Waals surface area contributed by atoms with Crippen LogP contribution in [0.5, 0.6) is 5.75 Å². The summed E-state index contributed by atoms with van der Waals surface area (Å²) in [5, 5.41) is 22.0. The third-order valence-electron chi connectivity index (χ3n) is 3.57. The SMILES string of the molecule is COc1ccc(-n2c(CNc3cccc(Cl)c3)nnc2SCC#N)cc1. The number of thioether (sulfide) groups is 1. The molecule has 0 saturated heterocycles. The van der Waals surface area contributed by atoms with Gasteiger partial charge in [-0.1, -0.05) is 29.4 Å². The molecule has 8 heteroatoms. The Labute approximate surface area is 160 Å². The van der Waals surface area contributed by atoms with Crippen molar-refractivity contribution in [2.24, 2.45) is 0 Å². The Bertz CT molecular complexity index is 920. The molecule has 6 nitrogen and oxygen atoms in total. The van der Waals surface area contributed by atoms with E-state index in [4.69, 9.17) is 21.6 Å². The summed E-state index contributed by atoms with van der Waals surface area (Å²) in [5.41, 5.74) is 1.80. The van der Waals surface area contributed by atoms with E-state index in [1.807, 2.05) is 53.1 Å². The Kier molecular flexibility index (Phi) is 6.00. The van der Waals surface area contributed by atoms with Gasteiger partial charge in [-0.3, -0.25) is 4.57 Å². The van der Waals surface area contributed by atoms with Gasteiger partial charge in [0.2, 0.25) is 0 Å². The third kappa shape index (κ3) is 4.28. The number of rotatable bonds is 7. The zero-order valence-corrected chi connectivity index (χ0v) is 15.6. The highest BCUT2D eigenvalue weighted by Gasteiger charge is 2.14. The fraction of sp³-hybridized carbons (Fsp3) is 0.167. The smallest absolute Gasteiger partial charge is 0.196 e. The van der Waals surface area contributed by atoms with Crippen molar-refractivity contribution in [1.29, 1.82) is 5.26 Å². The highest BCUT2D eigenvalue weighted by molar-refractivity contribution is 7.99. The van der Waals surface area contributed by atoms with Gasteiger partial charge in [-0.15, -0.1) is 10.2 Å². The van der Waals surface area contributed by atoms with E-state index in [-0.39, 0.29) is 0 Å².